The minimum absolute atomic E-state index is 0.263. The Kier molecular flexibility index (Phi) is 3.35. The molecule has 0 saturated carbocycles. The third-order valence-corrected chi connectivity index (χ3v) is 3.42. The first-order chi connectivity index (χ1) is 8.81. The van der Waals surface area contributed by atoms with Gasteiger partial charge in [-0.1, -0.05) is 0 Å². The zero-order valence-electron chi connectivity index (χ0n) is 10.5. The molecule has 2 heterocycles. The average molecular weight is 272 g/mol. The van der Waals surface area contributed by atoms with E-state index in [1.807, 2.05) is 0 Å². The molecule has 0 aromatic carbocycles. The van der Waals surface area contributed by atoms with Crippen molar-refractivity contribution in [2.75, 3.05) is 6.61 Å². The number of ether oxygens (including phenoxy) is 1. The predicted octanol–water partition coefficient (Wildman–Crippen LogP) is -2.37. The first-order valence-corrected chi connectivity index (χ1v) is 5.79. The second kappa shape index (κ2) is 4.57. The first-order valence-electron chi connectivity index (χ1n) is 5.79. The topological polar surface area (TPSA) is 125 Å². The van der Waals surface area contributed by atoms with E-state index in [1.54, 1.807) is 0 Å². The number of nitrogens with zero attached hydrogens (tertiary/aromatic N) is 1. The Labute approximate surface area is 107 Å². The number of nitrogens with one attached hydrogen (secondary N) is 1. The van der Waals surface area contributed by atoms with Gasteiger partial charge in [0.2, 0.25) is 0 Å². The fourth-order valence-corrected chi connectivity index (χ4v) is 2.21. The molecule has 2 rings (SSSR count). The van der Waals surface area contributed by atoms with E-state index in [0.29, 0.717) is 0 Å². The van der Waals surface area contributed by atoms with E-state index in [2.05, 4.69) is 4.98 Å². The third-order valence-electron chi connectivity index (χ3n) is 3.42. The molecule has 1 aliphatic heterocycles. The van der Waals surface area contributed by atoms with Crippen molar-refractivity contribution < 1.29 is 20.1 Å². The zero-order valence-corrected chi connectivity index (χ0v) is 10.5. The van der Waals surface area contributed by atoms with Gasteiger partial charge in [-0.15, -0.1) is 0 Å². The molecule has 0 spiro atoms. The normalized spacial score (nSPS) is 34.7. The predicted molar refractivity (Wildman–Crippen MR) is 63.7 cm³/mol. The summed E-state index contributed by atoms with van der Waals surface area (Å²) in [5.41, 5.74) is -2.59. The van der Waals surface area contributed by atoms with Gasteiger partial charge in [0.25, 0.3) is 5.56 Å². The maximum Gasteiger partial charge on any atom is 0.330 e. The second-order valence-electron chi connectivity index (χ2n) is 4.77. The van der Waals surface area contributed by atoms with E-state index in [-0.39, 0.29) is 5.56 Å². The van der Waals surface area contributed by atoms with Gasteiger partial charge in [-0.05, 0) is 13.8 Å². The van der Waals surface area contributed by atoms with E-state index in [4.69, 9.17) is 9.84 Å². The van der Waals surface area contributed by atoms with Crippen LogP contribution in [0.25, 0.3) is 0 Å². The summed E-state index contributed by atoms with van der Waals surface area (Å²) < 4.78 is 6.38. The van der Waals surface area contributed by atoms with Crippen molar-refractivity contribution in [1.29, 1.82) is 0 Å². The molecular formula is C11H16N2O6. The Hall–Kier alpha value is -1.48. The summed E-state index contributed by atoms with van der Waals surface area (Å²) in [7, 11) is 0. The highest BCUT2D eigenvalue weighted by Gasteiger charge is 2.52. The lowest BCUT2D eigenvalue weighted by Crippen LogP contribution is -2.49. The van der Waals surface area contributed by atoms with Gasteiger partial charge in [-0.3, -0.25) is 14.3 Å². The molecule has 19 heavy (non-hydrogen) atoms. The molecule has 0 amide bonds. The van der Waals surface area contributed by atoms with Crippen LogP contribution in [0.5, 0.6) is 0 Å². The van der Waals surface area contributed by atoms with Gasteiger partial charge in [0, 0.05) is 11.8 Å². The SMILES string of the molecule is Cc1cn(C2(C)OC(CO)C(O)C2O)c(=O)[nH]c1=O. The van der Waals surface area contributed by atoms with E-state index in [9.17, 15) is 19.8 Å². The van der Waals surface area contributed by atoms with Gasteiger partial charge >= 0.3 is 5.69 Å². The summed E-state index contributed by atoms with van der Waals surface area (Å²) in [6.07, 6.45) is -2.49. The largest absolute Gasteiger partial charge is 0.394 e. The molecule has 106 valence electrons. The van der Waals surface area contributed by atoms with Gasteiger partial charge in [0.15, 0.2) is 5.72 Å². The van der Waals surface area contributed by atoms with E-state index in [1.165, 1.54) is 20.0 Å². The first kappa shape index (κ1) is 13.9. The molecule has 4 atom stereocenters. The zero-order chi connectivity index (χ0) is 14.4. The molecule has 0 bridgehead atoms. The van der Waals surface area contributed by atoms with Crippen LogP contribution in [-0.4, -0.2) is 49.8 Å². The molecule has 0 radical (unpaired) electrons. The molecule has 1 fully saturated rings. The molecule has 4 unspecified atom stereocenters. The lowest BCUT2D eigenvalue weighted by atomic mass is 10.0. The number of rotatable bonds is 2. The van der Waals surface area contributed by atoms with Gasteiger partial charge in [-0.2, -0.15) is 0 Å². The Morgan fingerprint density at radius 2 is 2.11 bits per heavy atom. The lowest BCUT2D eigenvalue weighted by molar-refractivity contribution is -0.137. The maximum absolute atomic E-state index is 11.8. The van der Waals surface area contributed by atoms with Gasteiger partial charge < -0.3 is 20.1 Å². The molecule has 1 saturated heterocycles. The second-order valence-corrected chi connectivity index (χ2v) is 4.77. The van der Waals surface area contributed by atoms with Gasteiger partial charge in [0.1, 0.15) is 18.3 Å². The van der Waals surface area contributed by atoms with Crippen LogP contribution in [0.15, 0.2) is 15.8 Å². The third kappa shape index (κ3) is 2.02. The van der Waals surface area contributed by atoms with Crippen molar-refractivity contribution in [3.8, 4) is 0 Å². The minimum Gasteiger partial charge on any atom is -0.394 e. The molecule has 0 aliphatic carbocycles. The van der Waals surface area contributed by atoms with Crippen LogP contribution in [0, 0.1) is 6.92 Å². The summed E-state index contributed by atoms with van der Waals surface area (Å²) >= 11 is 0. The van der Waals surface area contributed by atoms with Gasteiger partial charge in [-0.25, -0.2) is 4.79 Å². The summed E-state index contributed by atoms with van der Waals surface area (Å²) in [6, 6.07) is 0. The van der Waals surface area contributed by atoms with Crippen molar-refractivity contribution in [3.63, 3.8) is 0 Å². The van der Waals surface area contributed by atoms with Crippen LogP contribution in [0.2, 0.25) is 0 Å². The van der Waals surface area contributed by atoms with Crippen molar-refractivity contribution in [3.05, 3.63) is 32.6 Å². The quantitative estimate of drug-likeness (QED) is 0.477. The number of aromatic nitrogens is 2. The Balaban J connectivity index is 2.55. The summed E-state index contributed by atoms with van der Waals surface area (Å²) in [5, 5.41) is 28.8. The van der Waals surface area contributed by atoms with Crippen LogP contribution in [0.1, 0.15) is 12.5 Å². The molecular weight excluding hydrogens is 256 g/mol. The Morgan fingerprint density at radius 3 is 2.63 bits per heavy atom. The number of aliphatic hydroxyl groups is 3. The molecule has 4 N–H and O–H groups in total. The number of hydrogen-bond acceptors (Lipinski definition) is 6. The highest BCUT2D eigenvalue weighted by Crippen LogP contribution is 2.34. The molecule has 1 aromatic rings. The van der Waals surface area contributed by atoms with Crippen molar-refractivity contribution in [2.45, 2.75) is 37.9 Å². The van der Waals surface area contributed by atoms with E-state index >= 15 is 0 Å². The maximum atomic E-state index is 11.8. The van der Waals surface area contributed by atoms with Crippen molar-refractivity contribution in [2.24, 2.45) is 0 Å². The lowest BCUT2D eigenvalue weighted by Gasteiger charge is -2.29. The monoisotopic (exact) mass is 272 g/mol. The van der Waals surface area contributed by atoms with Gasteiger partial charge in [0.05, 0.1) is 6.61 Å². The van der Waals surface area contributed by atoms with Crippen LogP contribution < -0.4 is 11.2 Å². The number of aromatic amines is 1. The summed E-state index contributed by atoms with van der Waals surface area (Å²) in [6.45, 7) is 2.40. The fourth-order valence-electron chi connectivity index (χ4n) is 2.21. The van der Waals surface area contributed by atoms with Crippen molar-refractivity contribution in [1.82, 2.24) is 9.55 Å². The number of aryl methyl sites for hydroxylation is 1. The van der Waals surface area contributed by atoms with Crippen LogP contribution in [0.4, 0.5) is 0 Å². The molecule has 1 aliphatic rings. The fraction of sp³-hybridized carbons (Fsp3) is 0.636. The number of aliphatic hydroxyl groups excluding tert-OH is 3. The molecule has 8 nitrogen and oxygen atoms in total. The smallest absolute Gasteiger partial charge is 0.330 e. The minimum atomic E-state index is -1.56. The van der Waals surface area contributed by atoms with Crippen molar-refractivity contribution >= 4 is 0 Å². The Bertz CT molecular complexity index is 594. The Morgan fingerprint density at radius 1 is 1.47 bits per heavy atom. The standard InChI is InChI=1S/C11H16N2O6/c1-5-3-13(10(18)12-9(5)17)11(2)8(16)7(15)6(4-14)19-11/h3,6-8,14-16H,4H2,1-2H3,(H,12,17,18). The van der Waals surface area contributed by atoms with E-state index < -0.39 is 41.9 Å². The van der Waals surface area contributed by atoms with E-state index in [0.717, 1.165) is 4.57 Å². The van der Waals surface area contributed by atoms with Crippen LogP contribution in [-0.2, 0) is 10.5 Å². The number of hydrogen-bond donors (Lipinski definition) is 4. The average Bonchev–Trinajstić information content (AvgIpc) is 2.59. The molecule has 8 heteroatoms. The summed E-state index contributed by atoms with van der Waals surface area (Å²) in [4.78, 5) is 25.2. The van der Waals surface area contributed by atoms with Crippen LogP contribution in [0.3, 0.4) is 0 Å². The highest BCUT2D eigenvalue weighted by atomic mass is 16.6. The number of H-pyrrole nitrogens is 1. The van der Waals surface area contributed by atoms with Crippen LogP contribution >= 0.6 is 0 Å². The highest BCUT2D eigenvalue weighted by molar-refractivity contribution is 5.06. The molecule has 1 aromatic heterocycles. The summed E-state index contributed by atoms with van der Waals surface area (Å²) in [5.74, 6) is 0.